The first kappa shape index (κ1) is 19.1. The minimum absolute atomic E-state index is 0.197. The van der Waals surface area contributed by atoms with Gasteiger partial charge in [-0.25, -0.2) is 9.97 Å². The summed E-state index contributed by atoms with van der Waals surface area (Å²) in [5, 5.41) is 2.08. The molecular formula is C21H26N4O2S. The second-order valence-electron chi connectivity index (χ2n) is 7.77. The van der Waals surface area contributed by atoms with E-state index in [9.17, 15) is 4.79 Å². The topological polar surface area (TPSA) is 81.3 Å². The molecule has 0 saturated heterocycles. The monoisotopic (exact) mass is 398 g/mol. The van der Waals surface area contributed by atoms with E-state index in [0.717, 1.165) is 51.5 Å². The van der Waals surface area contributed by atoms with E-state index in [-0.39, 0.29) is 12.0 Å². The molecule has 0 atom stereocenters. The van der Waals surface area contributed by atoms with Crippen LogP contribution in [0.2, 0.25) is 0 Å². The van der Waals surface area contributed by atoms with E-state index >= 15 is 0 Å². The Balaban J connectivity index is 1.62. The van der Waals surface area contributed by atoms with Gasteiger partial charge in [-0.05, 0) is 63.9 Å². The van der Waals surface area contributed by atoms with Gasteiger partial charge < -0.3 is 15.4 Å². The zero-order valence-corrected chi connectivity index (χ0v) is 17.2. The van der Waals surface area contributed by atoms with Crippen LogP contribution >= 0.6 is 11.3 Å². The number of thiophene rings is 1. The molecule has 28 heavy (non-hydrogen) atoms. The number of aryl methyl sites for hydroxylation is 1. The van der Waals surface area contributed by atoms with Gasteiger partial charge in [0.2, 0.25) is 11.8 Å². The zero-order valence-electron chi connectivity index (χ0n) is 16.4. The third kappa shape index (κ3) is 3.95. The molecule has 0 bridgehead atoms. The number of carbonyl (C=O) groups excluding carboxylic acids is 1. The van der Waals surface area contributed by atoms with Crippen molar-refractivity contribution in [1.29, 1.82) is 0 Å². The van der Waals surface area contributed by atoms with E-state index in [1.54, 1.807) is 17.7 Å². The molecule has 1 aromatic carbocycles. The maximum atomic E-state index is 11.1. The van der Waals surface area contributed by atoms with Crippen molar-refractivity contribution in [2.75, 3.05) is 14.1 Å². The molecule has 6 nitrogen and oxygen atoms in total. The summed E-state index contributed by atoms with van der Waals surface area (Å²) in [5.74, 6) is 0.396. The lowest BCUT2D eigenvalue weighted by Crippen LogP contribution is -2.35. The quantitative estimate of drug-likeness (QED) is 0.687. The number of ether oxygens (including phenoxy) is 1. The fourth-order valence-electron chi connectivity index (χ4n) is 3.98. The van der Waals surface area contributed by atoms with Gasteiger partial charge in [-0.3, -0.25) is 4.79 Å². The van der Waals surface area contributed by atoms with Crippen LogP contribution in [0.25, 0.3) is 20.3 Å². The molecule has 3 aromatic rings. The van der Waals surface area contributed by atoms with E-state index in [4.69, 9.17) is 10.5 Å². The average molecular weight is 399 g/mol. The normalized spacial score (nSPS) is 20.1. The highest BCUT2D eigenvalue weighted by Crippen LogP contribution is 2.38. The first-order chi connectivity index (χ1) is 13.5. The SMILES string of the molecule is CN(C)C1CCC(Oc2ncnc3sc4ccc(CCC(N)=O)cc4c23)CC1. The van der Waals surface area contributed by atoms with Gasteiger partial charge in [0.05, 0.1) is 5.39 Å². The van der Waals surface area contributed by atoms with Crippen molar-refractivity contribution >= 4 is 37.5 Å². The Kier molecular flexibility index (Phi) is 5.46. The van der Waals surface area contributed by atoms with Gasteiger partial charge in [0, 0.05) is 22.5 Å². The van der Waals surface area contributed by atoms with Crippen LogP contribution < -0.4 is 10.5 Å². The lowest BCUT2D eigenvalue weighted by Gasteiger charge is -2.32. The van der Waals surface area contributed by atoms with Gasteiger partial charge in [0.15, 0.2) is 0 Å². The predicted octanol–water partition coefficient (Wildman–Crippen LogP) is 3.51. The van der Waals surface area contributed by atoms with Crippen molar-refractivity contribution in [3.8, 4) is 5.88 Å². The zero-order chi connectivity index (χ0) is 19.7. The minimum Gasteiger partial charge on any atom is -0.474 e. The Morgan fingerprint density at radius 2 is 2.04 bits per heavy atom. The highest BCUT2D eigenvalue weighted by molar-refractivity contribution is 7.25. The maximum absolute atomic E-state index is 11.1. The van der Waals surface area contributed by atoms with Crippen LogP contribution in [-0.4, -0.2) is 47.0 Å². The number of fused-ring (bicyclic) bond motifs is 3. The molecule has 1 aliphatic rings. The minimum atomic E-state index is -0.282. The molecule has 148 valence electrons. The van der Waals surface area contributed by atoms with Gasteiger partial charge in [0.25, 0.3) is 0 Å². The molecule has 0 unspecified atom stereocenters. The molecule has 2 heterocycles. The molecule has 1 aliphatic carbocycles. The molecule has 0 radical (unpaired) electrons. The Labute approximate surface area is 168 Å². The number of hydrogen-bond donors (Lipinski definition) is 1. The van der Waals surface area contributed by atoms with E-state index < -0.39 is 0 Å². The van der Waals surface area contributed by atoms with Crippen LogP contribution in [0, 0.1) is 0 Å². The van der Waals surface area contributed by atoms with Crippen molar-refractivity contribution in [3.05, 3.63) is 30.1 Å². The van der Waals surface area contributed by atoms with Crippen LogP contribution in [0.5, 0.6) is 5.88 Å². The van der Waals surface area contributed by atoms with Crippen molar-refractivity contribution in [2.24, 2.45) is 5.73 Å². The number of primary amides is 1. The molecule has 1 amide bonds. The summed E-state index contributed by atoms with van der Waals surface area (Å²) in [7, 11) is 4.29. The molecule has 2 aromatic heterocycles. The van der Waals surface area contributed by atoms with Crippen LogP contribution in [-0.2, 0) is 11.2 Å². The molecule has 2 N–H and O–H groups in total. The van der Waals surface area contributed by atoms with Crippen LogP contribution in [0.3, 0.4) is 0 Å². The molecule has 7 heteroatoms. The largest absolute Gasteiger partial charge is 0.474 e. The first-order valence-electron chi connectivity index (χ1n) is 9.79. The van der Waals surface area contributed by atoms with Crippen molar-refractivity contribution < 1.29 is 9.53 Å². The number of hydrogen-bond acceptors (Lipinski definition) is 6. The summed E-state index contributed by atoms with van der Waals surface area (Å²) >= 11 is 1.65. The van der Waals surface area contributed by atoms with E-state index in [1.807, 2.05) is 0 Å². The fourth-order valence-corrected chi connectivity index (χ4v) is 4.99. The standard InChI is InChI=1S/C21H26N4O2S/c1-25(2)14-5-7-15(8-6-14)27-20-19-16-11-13(4-10-18(22)26)3-9-17(16)28-21(19)24-12-23-20/h3,9,11-12,14-15H,4-8,10H2,1-2H3,(H2,22,26). The number of rotatable bonds is 6. The second-order valence-corrected chi connectivity index (χ2v) is 8.80. The molecule has 4 rings (SSSR count). The van der Waals surface area contributed by atoms with Crippen LogP contribution in [0.1, 0.15) is 37.7 Å². The predicted molar refractivity (Wildman–Crippen MR) is 113 cm³/mol. The van der Waals surface area contributed by atoms with E-state index in [1.165, 1.54) is 0 Å². The molecule has 1 fully saturated rings. The summed E-state index contributed by atoms with van der Waals surface area (Å²) < 4.78 is 7.52. The van der Waals surface area contributed by atoms with Crippen molar-refractivity contribution in [1.82, 2.24) is 14.9 Å². The van der Waals surface area contributed by atoms with Gasteiger partial charge >= 0.3 is 0 Å². The van der Waals surface area contributed by atoms with Gasteiger partial charge in [0.1, 0.15) is 17.3 Å². The van der Waals surface area contributed by atoms with E-state index in [0.29, 0.717) is 24.8 Å². The summed E-state index contributed by atoms with van der Waals surface area (Å²) in [6, 6.07) is 6.90. The fraction of sp³-hybridized carbons (Fsp3) is 0.476. The summed E-state index contributed by atoms with van der Waals surface area (Å²) in [6.07, 6.45) is 7.15. The Bertz CT molecular complexity index is 993. The Morgan fingerprint density at radius 1 is 1.25 bits per heavy atom. The molecule has 1 saturated carbocycles. The molecular weight excluding hydrogens is 372 g/mol. The molecule has 0 spiro atoms. The Morgan fingerprint density at radius 3 is 2.75 bits per heavy atom. The highest BCUT2D eigenvalue weighted by Gasteiger charge is 2.25. The van der Waals surface area contributed by atoms with Gasteiger partial charge in [-0.15, -0.1) is 11.3 Å². The summed E-state index contributed by atoms with van der Waals surface area (Å²) in [4.78, 5) is 23.3. The lowest BCUT2D eigenvalue weighted by molar-refractivity contribution is -0.117. The summed E-state index contributed by atoms with van der Waals surface area (Å²) in [5.41, 5.74) is 6.39. The number of nitrogens with zero attached hydrogens (tertiary/aromatic N) is 3. The average Bonchev–Trinajstić information content (AvgIpc) is 3.05. The first-order valence-corrected chi connectivity index (χ1v) is 10.6. The van der Waals surface area contributed by atoms with Crippen LogP contribution in [0.15, 0.2) is 24.5 Å². The summed E-state index contributed by atoms with van der Waals surface area (Å²) in [6.45, 7) is 0. The maximum Gasteiger partial charge on any atom is 0.226 e. The lowest BCUT2D eigenvalue weighted by atomic mass is 9.92. The van der Waals surface area contributed by atoms with Crippen molar-refractivity contribution in [2.45, 2.75) is 50.7 Å². The third-order valence-corrected chi connectivity index (χ3v) is 6.69. The number of benzene rings is 1. The number of carbonyl (C=O) groups is 1. The third-order valence-electron chi connectivity index (χ3n) is 5.61. The van der Waals surface area contributed by atoms with Crippen LogP contribution in [0.4, 0.5) is 0 Å². The second kappa shape index (κ2) is 8.01. The van der Waals surface area contributed by atoms with Gasteiger partial charge in [-0.2, -0.15) is 0 Å². The van der Waals surface area contributed by atoms with Gasteiger partial charge in [-0.1, -0.05) is 6.07 Å². The van der Waals surface area contributed by atoms with E-state index in [2.05, 4.69) is 47.2 Å². The van der Waals surface area contributed by atoms with Crippen molar-refractivity contribution in [3.63, 3.8) is 0 Å². The number of nitrogens with two attached hydrogens (primary N) is 1. The Hall–Kier alpha value is -2.25. The number of aromatic nitrogens is 2. The smallest absolute Gasteiger partial charge is 0.226 e. The highest BCUT2D eigenvalue weighted by atomic mass is 32.1. The molecule has 0 aliphatic heterocycles. The number of amides is 1.